The lowest BCUT2D eigenvalue weighted by molar-refractivity contribution is -0.143. The number of rotatable bonds is 3. The molecule has 1 amide bonds. The van der Waals surface area contributed by atoms with Crippen LogP contribution in [-0.4, -0.2) is 30.9 Å². The molecule has 0 atom stereocenters. The number of nitrogens with zero attached hydrogens (tertiary/aromatic N) is 4. The lowest BCUT2D eigenvalue weighted by Gasteiger charge is -2.12. The highest BCUT2D eigenvalue weighted by Gasteiger charge is 2.40. The van der Waals surface area contributed by atoms with E-state index in [1.54, 1.807) is 0 Å². The zero-order valence-corrected chi connectivity index (χ0v) is 12.4. The van der Waals surface area contributed by atoms with Crippen molar-refractivity contribution in [3.8, 4) is 5.69 Å². The van der Waals surface area contributed by atoms with Crippen LogP contribution in [-0.2, 0) is 6.18 Å². The van der Waals surface area contributed by atoms with Crippen molar-refractivity contribution in [2.75, 3.05) is 5.32 Å². The van der Waals surface area contributed by atoms with Crippen LogP contribution >= 0.6 is 11.6 Å². The van der Waals surface area contributed by atoms with Gasteiger partial charge < -0.3 is 0 Å². The molecule has 0 unspecified atom stereocenters. The number of hydrogen-bond donors (Lipinski definition) is 2. The fourth-order valence-corrected chi connectivity index (χ4v) is 2.22. The third kappa shape index (κ3) is 3.08. The molecule has 1 aromatic carbocycles. The molecule has 0 radical (unpaired) electrons. The van der Waals surface area contributed by atoms with E-state index in [0.717, 1.165) is 12.5 Å². The zero-order valence-electron chi connectivity index (χ0n) is 11.7. The van der Waals surface area contributed by atoms with Gasteiger partial charge in [0.15, 0.2) is 5.69 Å². The summed E-state index contributed by atoms with van der Waals surface area (Å²) in [4.78, 5) is 15.7. The molecule has 124 valence electrons. The van der Waals surface area contributed by atoms with Crippen LogP contribution in [0.1, 0.15) is 16.1 Å². The number of carbonyl (C=O) groups is 1. The second-order valence-electron chi connectivity index (χ2n) is 4.58. The van der Waals surface area contributed by atoms with E-state index in [4.69, 9.17) is 11.6 Å². The average molecular weight is 357 g/mol. The number of aromatic nitrogens is 5. The van der Waals surface area contributed by atoms with Crippen molar-refractivity contribution in [2.24, 2.45) is 0 Å². The first-order valence-corrected chi connectivity index (χ1v) is 6.82. The maximum atomic E-state index is 13.5. The number of benzene rings is 1. The number of hydrogen-bond acceptors (Lipinski definition) is 4. The summed E-state index contributed by atoms with van der Waals surface area (Å²) < 4.78 is 41.0. The fourth-order valence-electron chi connectivity index (χ4n) is 2.03. The van der Waals surface area contributed by atoms with Crippen molar-refractivity contribution in [1.29, 1.82) is 0 Å². The van der Waals surface area contributed by atoms with Gasteiger partial charge in [-0.1, -0.05) is 17.7 Å². The Morgan fingerprint density at radius 3 is 2.75 bits per heavy atom. The van der Waals surface area contributed by atoms with E-state index in [1.165, 1.54) is 24.3 Å². The Labute approximate surface area is 137 Å². The number of aromatic amines is 1. The van der Waals surface area contributed by atoms with E-state index in [2.05, 4.69) is 25.6 Å². The molecule has 0 saturated carbocycles. The second kappa shape index (κ2) is 5.96. The maximum Gasteiger partial charge on any atom is 0.434 e. The molecule has 11 heteroatoms. The summed E-state index contributed by atoms with van der Waals surface area (Å²) >= 11 is 5.80. The predicted molar refractivity (Wildman–Crippen MR) is 77.9 cm³/mol. The fraction of sp³-hybridized carbons (Fsp3) is 0.0769. The van der Waals surface area contributed by atoms with E-state index in [9.17, 15) is 18.0 Å². The van der Waals surface area contributed by atoms with Crippen molar-refractivity contribution in [1.82, 2.24) is 25.0 Å². The molecule has 3 aromatic rings. The van der Waals surface area contributed by atoms with E-state index < -0.39 is 23.3 Å². The van der Waals surface area contributed by atoms with Crippen molar-refractivity contribution < 1.29 is 18.0 Å². The van der Waals surface area contributed by atoms with Gasteiger partial charge in [0, 0.05) is 5.02 Å². The minimum absolute atomic E-state index is 0.0774. The summed E-state index contributed by atoms with van der Waals surface area (Å²) in [7, 11) is 0. The summed E-state index contributed by atoms with van der Waals surface area (Å²) in [6.07, 6.45) is -2.88. The van der Waals surface area contributed by atoms with Crippen LogP contribution in [0.2, 0.25) is 5.02 Å². The Hall–Kier alpha value is -2.88. The van der Waals surface area contributed by atoms with Gasteiger partial charge in [0.2, 0.25) is 5.95 Å². The number of amides is 1. The van der Waals surface area contributed by atoms with Gasteiger partial charge in [-0.15, -0.1) is 0 Å². The Balaban J connectivity index is 2.06. The molecule has 0 spiro atoms. The highest BCUT2D eigenvalue weighted by atomic mass is 35.5. The maximum absolute atomic E-state index is 13.5. The first-order chi connectivity index (χ1) is 11.4. The molecule has 0 fully saturated rings. The van der Waals surface area contributed by atoms with E-state index >= 15 is 0 Å². The van der Waals surface area contributed by atoms with Crippen LogP contribution in [0.3, 0.4) is 0 Å². The number of anilines is 1. The van der Waals surface area contributed by atoms with Crippen molar-refractivity contribution in [3.63, 3.8) is 0 Å². The van der Waals surface area contributed by atoms with Gasteiger partial charge in [0.1, 0.15) is 6.33 Å². The molecule has 7 nitrogen and oxygen atoms in total. The molecule has 24 heavy (non-hydrogen) atoms. The topological polar surface area (TPSA) is 88.5 Å². The van der Waals surface area contributed by atoms with Crippen molar-refractivity contribution >= 4 is 23.5 Å². The van der Waals surface area contributed by atoms with Gasteiger partial charge in [0.25, 0.3) is 5.91 Å². The molecule has 2 N–H and O–H groups in total. The smallest absolute Gasteiger partial charge is 0.291 e. The van der Waals surface area contributed by atoms with Gasteiger partial charge >= 0.3 is 6.18 Å². The third-order valence-corrected chi connectivity index (χ3v) is 3.22. The Kier molecular flexibility index (Phi) is 3.97. The van der Waals surface area contributed by atoms with Crippen LogP contribution < -0.4 is 5.32 Å². The van der Waals surface area contributed by atoms with Crippen molar-refractivity contribution in [2.45, 2.75) is 6.18 Å². The van der Waals surface area contributed by atoms with Gasteiger partial charge in [-0.05, 0) is 18.2 Å². The molecule has 2 heterocycles. The summed E-state index contributed by atoms with van der Waals surface area (Å²) in [6, 6.07) is 5.70. The minimum atomic E-state index is -4.81. The average Bonchev–Trinajstić information content (AvgIpc) is 3.15. The minimum Gasteiger partial charge on any atom is -0.291 e. The number of halogens is 4. The van der Waals surface area contributed by atoms with Gasteiger partial charge in [0.05, 0.1) is 17.4 Å². The molecular weight excluding hydrogens is 349 g/mol. The Morgan fingerprint density at radius 2 is 2.12 bits per heavy atom. The first kappa shape index (κ1) is 16.0. The zero-order chi connectivity index (χ0) is 17.3. The molecule has 0 aliphatic carbocycles. The standard InChI is InChI=1S/C13H8ClF3N6O/c14-7-2-1-3-8(4-7)23-10(13(15,16)17)9(5-20-23)11(24)21-12-18-6-19-22-12/h1-6H,(H2,18,19,21,22,24). The second-order valence-corrected chi connectivity index (χ2v) is 5.02. The first-order valence-electron chi connectivity index (χ1n) is 6.44. The molecule has 3 rings (SSSR count). The monoisotopic (exact) mass is 356 g/mol. The molecular formula is C13H8ClF3N6O. The summed E-state index contributed by atoms with van der Waals surface area (Å²) in [5, 5.41) is 11.9. The quantitative estimate of drug-likeness (QED) is 0.755. The normalized spacial score (nSPS) is 11.5. The molecule has 0 aliphatic heterocycles. The van der Waals surface area contributed by atoms with Crippen molar-refractivity contribution in [3.05, 3.63) is 53.1 Å². The van der Waals surface area contributed by atoms with Gasteiger partial charge in [-0.25, -0.2) is 9.78 Å². The van der Waals surface area contributed by atoms with E-state index in [0.29, 0.717) is 4.68 Å². The summed E-state index contributed by atoms with van der Waals surface area (Å²) in [5.41, 5.74) is -1.80. The molecule has 0 saturated heterocycles. The van der Waals surface area contributed by atoms with E-state index in [1.807, 2.05) is 0 Å². The number of alkyl halides is 3. The van der Waals surface area contributed by atoms with E-state index in [-0.39, 0.29) is 16.7 Å². The SMILES string of the molecule is O=C(Nc1ncn[nH]1)c1cnn(-c2cccc(Cl)c2)c1C(F)(F)F. The highest BCUT2D eigenvalue weighted by Crippen LogP contribution is 2.34. The summed E-state index contributed by atoms with van der Waals surface area (Å²) in [6.45, 7) is 0. The predicted octanol–water partition coefficient (Wildman–Crippen LogP) is 2.91. The van der Waals surface area contributed by atoms with Gasteiger partial charge in [-0.3, -0.25) is 10.1 Å². The third-order valence-electron chi connectivity index (χ3n) is 2.98. The van der Waals surface area contributed by atoms with Crippen LogP contribution in [0.15, 0.2) is 36.8 Å². The number of carbonyl (C=O) groups excluding carboxylic acids is 1. The Morgan fingerprint density at radius 1 is 1.33 bits per heavy atom. The molecule has 0 aliphatic rings. The van der Waals surface area contributed by atoms with Crippen LogP contribution in [0.25, 0.3) is 5.69 Å². The Bertz CT molecular complexity index is 874. The van der Waals surface area contributed by atoms with Crippen LogP contribution in [0, 0.1) is 0 Å². The highest BCUT2D eigenvalue weighted by molar-refractivity contribution is 6.30. The lowest BCUT2D eigenvalue weighted by Crippen LogP contribution is -2.21. The number of H-pyrrole nitrogens is 1. The van der Waals surface area contributed by atoms with Crippen LogP contribution in [0.5, 0.6) is 0 Å². The number of nitrogens with one attached hydrogen (secondary N) is 2. The van der Waals surface area contributed by atoms with Gasteiger partial charge in [-0.2, -0.15) is 28.4 Å². The molecule has 2 aromatic heterocycles. The van der Waals surface area contributed by atoms with Crippen LogP contribution in [0.4, 0.5) is 19.1 Å². The lowest BCUT2D eigenvalue weighted by atomic mass is 10.2. The largest absolute Gasteiger partial charge is 0.434 e. The summed E-state index contributed by atoms with van der Waals surface area (Å²) in [5.74, 6) is -1.10. The molecule has 0 bridgehead atoms.